The minimum atomic E-state index is -0.381. The molecule has 1 aromatic carbocycles. The number of carbonyl (C=O) groups is 1. The molecule has 1 N–H and O–H groups in total. The van der Waals surface area contributed by atoms with Crippen LogP contribution in [0, 0.1) is 19.7 Å². The lowest BCUT2D eigenvalue weighted by Crippen LogP contribution is -2.34. The minimum Gasteiger partial charge on any atom is -0.340 e. The number of anilines is 2. The Bertz CT molecular complexity index is 1320. The third kappa shape index (κ3) is 4.28. The first-order valence-electron chi connectivity index (χ1n) is 11.1. The average Bonchev–Trinajstić information content (AvgIpc) is 3.40. The molecule has 0 saturated carbocycles. The number of nitrogens with one attached hydrogen (secondary N) is 1. The minimum absolute atomic E-state index is 0.0572. The first kappa shape index (κ1) is 21.1. The van der Waals surface area contributed by atoms with E-state index in [9.17, 15) is 9.18 Å². The lowest BCUT2D eigenvalue weighted by atomic mass is 10.1. The van der Waals surface area contributed by atoms with Crippen LogP contribution in [0.3, 0.4) is 0 Å². The quantitative estimate of drug-likeness (QED) is 0.483. The molecular weight excluding hydrogens is 419 g/mol. The normalized spacial score (nSPS) is 15.8. The van der Waals surface area contributed by atoms with Crippen LogP contribution in [0.1, 0.15) is 36.1 Å². The Balaban J connectivity index is 1.38. The van der Waals surface area contributed by atoms with Gasteiger partial charge in [0.05, 0.1) is 29.0 Å². The molecule has 0 spiro atoms. The largest absolute Gasteiger partial charge is 0.340 e. The summed E-state index contributed by atoms with van der Waals surface area (Å²) in [6, 6.07) is 14.6. The maximum absolute atomic E-state index is 13.4. The molecule has 0 unspecified atom stereocenters. The van der Waals surface area contributed by atoms with Gasteiger partial charge in [0.15, 0.2) is 0 Å². The first-order valence-corrected chi connectivity index (χ1v) is 11.1. The molecule has 1 amide bonds. The molecule has 33 heavy (non-hydrogen) atoms. The second-order valence-corrected chi connectivity index (χ2v) is 8.39. The predicted molar refractivity (Wildman–Crippen MR) is 125 cm³/mol. The van der Waals surface area contributed by atoms with Crippen molar-refractivity contribution >= 4 is 28.4 Å². The third-order valence-electron chi connectivity index (χ3n) is 6.03. The van der Waals surface area contributed by atoms with E-state index in [0.29, 0.717) is 12.4 Å². The van der Waals surface area contributed by atoms with Crippen molar-refractivity contribution in [3.8, 4) is 0 Å². The van der Waals surface area contributed by atoms with Crippen LogP contribution in [-0.4, -0.2) is 36.9 Å². The Labute approximate surface area is 191 Å². The summed E-state index contributed by atoms with van der Waals surface area (Å²) in [4.78, 5) is 28.7. The van der Waals surface area contributed by atoms with E-state index in [-0.39, 0.29) is 24.3 Å². The van der Waals surface area contributed by atoms with Crippen LogP contribution >= 0.6 is 0 Å². The second-order valence-electron chi connectivity index (χ2n) is 8.39. The van der Waals surface area contributed by atoms with Crippen LogP contribution in [0.2, 0.25) is 0 Å². The Morgan fingerprint density at radius 3 is 2.82 bits per heavy atom. The summed E-state index contributed by atoms with van der Waals surface area (Å²) in [7, 11) is 0. The predicted octanol–water partition coefficient (Wildman–Crippen LogP) is 4.69. The molecule has 0 bridgehead atoms. The fraction of sp³-hybridized carbons (Fsp3) is 0.280. The van der Waals surface area contributed by atoms with Crippen molar-refractivity contribution in [3.05, 3.63) is 77.8 Å². The molecule has 4 heterocycles. The number of hydrogen-bond acceptors (Lipinski definition) is 5. The van der Waals surface area contributed by atoms with Gasteiger partial charge in [-0.15, -0.1) is 0 Å². The van der Waals surface area contributed by atoms with Gasteiger partial charge in [-0.3, -0.25) is 9.78 Å². The van der Waals surface area contributed by atoms with Gasteiger partial charge in [0, 0.05) is 17.9 Å². The third-order valence-corrected chi connectivity index (χ3v) is 6.03. The van der Waals surface area contributed by atoms with Gasteiger partial charge in [-0.2, -0.15) is 0 Å². The van der Waals surface area contributed by atoms with E-state index < -0.39 is 0 Å². The molecule has 8 heteroatoms. The van der Waals surface area contributed by atoms with Crippen molar-refractivity contribution in [1.82, 2.24) is 24.4 Å². The van der Waals surface area contributed by atoms with Crippen LogP contribution in [0.15, 0.2) is 54.7 Å². The molecule has 1 aliphatic heterocycles. The first-order chi connectivity index (χ1) is 16.0. The molecule has 1 atom stereocenters. The van der Waals surface area contributed by atoms with Gasteiger partial charge in [-0.25, -0.2) is 14.4 Å². The summed E-state index contributed by atoms with van der Waals surface area (Å²) in [5, 5.41) is 3.21. The summed E-state index contributed by atoms with van der Waals surface area (Å²) in [5.74, 6) is 1.05. The monoisotopic (exact) mass is 444 g/mol. The number of halogens is 1. The van der Waals surface area contributed by atoms with Crippen LogP contribution in [0.25, 0.3) is 11.0 Å². The summed E-state index contributed by atoms with van der Waals surface area (Å²) >= 11 is 0. The Kier molecular flexibility index (Phi) is 5.50. The molecule has 1 aliphatic rings. The fourth-order valence-corrected chi connectivity index (χ4v) is 4.53. The van der Waals surface area contributed by atoms with Crippen molar-refractivity contribution in [2.24, 2.45) is 0 Å². The van der Waals surface area contributed by atoms with Gasteiger partial charge in [-0.05, 0) is 63.1 Å². The van der Waals surface area contributed by atoms with E-state index in [1.165, 1.54) is 12.3 Å². The van der Waals surface area contributed by atoms with Gasteiger partial charge in [0.25, 0.3) is 0 Å². The number of fused-ring (bicyclic) bond motifs is 1. The average molecular weight is 445 g/mol. The number of benzene rings is 1. The number of para-hydroxylation sites is 2. The Morgan fingerprint density at radius 2 is 2.00 bits per heavy atom. The highest BCUT2D eigenvalue weighted by atomic mass is 19.1. The number of aromatic nitrogens is 4. The zero-order valence-corrected chi connectivity index (χ0v) is 18.6. The van der Waals surface area contributed by atoms with Crippen molar-refractivity contribution in [1.29, 1.82) is 0 Å². The summed E-state index contributed by atoms with van der Waals surface area (Å²) in [5.41, 5.74) is 4.36. The standard InChI is InChI=1S/C25H25FN6O/c1-16-12-19(30-24-10-9-18(26)14-27-24)13-21(28-16)23-8-5-11-31(23)25(33)15-32-17(2)29-20-6-3-4-7-22(20)32/h3-4,6-7,9-10,12-14,23H,5,8,11,15H2,1-2H3,(H,27,28,30)/t23-/m0/s1. The fourth-order valence-electron chi connectivity index (χ4n) is 4.53. The van der Waals surface area contributed by atoms with Crippen molar-refractivity contribution in [3.63, 3.8) is 0 Å². The molecule has 1 saturated heterocycles. The van der Waals surface area contributed by atoms with E-state index in [4.69, 9.17) is 4.98 Å². The van der Waals surface area contributed by atoms with Crippen molar-refractivity contribution in [2.75, 3.05) is 11.9 Å². The number of nitrogens with zero attached hydrogens (tertiary/aromatic N) is 5. The van der Waals surface area contributed by atoms with Gasteiger partial charge in [-0.1, -0.05) is 12.1 Å². The Morgan fingerprint density at radius 1 is 1.15 bits per heavy atom. The van der Waals surface area contributed by atoms with E-state index in [2.05, 4.69) is 15.3 Å². The molecule has 5 rings (SSSR count). The lowest BCUT2D eigenvalue weighted by Gasteiger charge is -2.25. The number of carbonyl (C=O) groups excluding carboxylic acids is 1. The molecular formula is C25H25FN6O. The summed E-state index contributed by atoms with van der Waals surface area (Å²) < 4.78 is 15.2. The lowest BCUT2D eigenvalue weighted by molar-refractivity contribution is -0.132. The maximum atomic E-state index is 13.4. The zero-order chi connectivity index (χ0) is 22.9. The number of pyridine rings is 2. The number of rotatable bonds is 5. The Hall–Kier alpha value is -3.81. The van der Waals surface area contributed by atoms with Crippen LogP contribution < -0.4 is 5.32 Å². The highest BCUT2D eigenvalue weighted by Gasteiger charge is 2.31. The summed E-state index contributed by atoms with van der Waals surface area (Å²) in [6.45, 7) is 4.81. The van der Waals surface area contributed by atoms with Gasteiger partial charge >= 0.3 is 0 Å². The van der Waals surface area contributed by atoms with E-state index >= 15 is 0 Å². The maximum Gasteiger partial charge on any atom is 0.243 e. The van der Waals surface area contributed by atoms with Gasteiger partial charge in [0.1, 0.15) is 24.0 Å². The van der Waals surface area contributed by atoms with Crippen LogP contribution in [0.4, 0.5) is 15.9 Å². The SMILES string of the molecule is Cc1cc(Nc2ccc(F)cn2)cc([C@@H]2CCCN2C(=O)Cn2c(C)nc3ccccc32)n1. The molecule has 168 valence electrons. The van der Waals surface area contributed by atoms with Crippen molar-refractivity contribution in [2.45, 2.75) is 39.3 Å². The highest BCUT2D eigenvalue weighted by molar-refractivity contribution is 5.81. The number of aryl methyl sites for hydroxylation is 2. The topological polar surface area (TPSA) is 75.9 Å². The second kappa shape index (κ2) is 8.61. The van der Waals surface area contributed by atoms with Crippen molar-refractivity contribution < 1.29 is 9.18 Å². The van der Waals surface area contributed by atoms with E-state index in [1.807, 2.05) is 59.7 Å². The molecule has 7 nitrogen and oxygen atoms in total. The molecule has 4 aromatic rings. The van der Waals surface area contributed by atoms with E-state index in [0.717, 1.165) is 46.8 Å². The number of imidazole rings is 1. The smallest absolute Gasteiger partial charge is 0.243 e. The summed E-state index contributed by atoms with van der Waals surface area (Å²) in [6.07, 6.45) is 2.97. The molecule has 0 aliphatic carbocycles. The van der Waals surface area contributed by atoms with Crippen LogP contribution in [-0.2, 0) is 11.3 Å². The zero-order valence-electron chi connectivity index (χ0n) is 18.6. The molecule has 0 radical (unpaired) electrons. The number of likely N-dealkylation sites (tertiary alicyclic amines) is 1. The number of amides is 1. The molecule has 3 aromatic heterocycles. The van der Waals surface area contributed by atoms with Gasteiger partial charge < -0.3 is 14.8 Å². The number of hydrogen-bond donors (Lipinski definition) is 1. The van der Waals surface area contributed by atoms with Crippen LogP contribution in [0.5, 0.6) is 0 Å². The van der Waals surface area contributed by atoms with Gasteiger partial charge in [0.2, 0.25) is 5.91 Å². The van der Waals surface area contributed by atoms with E-state index in [1.54, 1.807) is 6.07 Å². The highest BCUT2D eigenvalue weighted by Crippen LogP contribution is 2.33. The molecule has 1 fully saturated rings.